The van der Waals surface area contributed by atoms with Crippen LogP contribution < -0.4 is 5.32 Å². The lowest BCUT2D eigenvalue weighted by atomic mass is 9.87. The highest BCUT2D eigenvalue weighted by Gasteiger charge is 2.42. The van der Waals surface area contributed by atoms with Crippen LogP contribution in [0.25, 0.3) is 0 Å². The second kappa shape index (κ2) is 12.3. The van der Waals surface area contributed by atoms with Crippen LogP contribution in [0, 0.1) is 5.41 Å². The van der Waals surface area contributed by atoms with E-state index in [-0.39, 0.29) is 24.0 Å². The Morgan fingerprint density at radius 1 is 1.25 bits per heavy atom. The Hall–Kier alpha value is -0.120. The van der Waals surface area contributed by atoms with E-state index in [9.17, 15) is 0 Å². The van der Waals surface area contributed by atoms with Crippen molar-refractivity contribution in [1.82, 2.24) is 10.2 Å². The zero-order valence-corrected chi connectivity index (χ0v) is 17.6. The van der Waals surface area contributed by atoms with Crippen LogP contribution in [0.2, 0.25) is 0 Å². The van der Waals surface area contributed by atoms with E-state index in [1.54, 1.807) is 7.11 Å². The smallest absolute Gasteiger partial charge is 0.193 e. The van der Waals surface area contributed by atoms with Gasteiger partial charge < -0.3 is 24.4 Å². The number of hydrogen-bond donors (Lipinski definition) is 1. The largest absolute Gasteiger partial charge is 0.382 e. The highest BCUT2D eigenvalue weighted by Crippen LogP contribution is 2.38. The van der Waals surface area contributed by atoms with Crippen molar-refractivity contribution in [2.75, 3.05) is 66.3 Å². The first-order valence-corrected chi connectivity index (χ1v) is 8.97. The van der Waals surface area contributed by atoms with Crippen molar-refractivity contribution in [3.63, 3.8) is 0 Å². The zero-order chi connectivity index (χ0) is 16.4. The molecular formula is C17H34IN3O3. The highest BCUT2D eigenvalue weighted by molar-refractivity contribution is 14.0. The van der Waals surface area contributed by atoms with E-state index in [2.05, 4.69) is 17.1 Å². The fourth-order valence-electron chi connectivity index (χ4n) is 3.26. The van der Waals surface area contributed by atoms with Gasteiger partial charge in [-0.3, -0.25) is 4.99 Å². The quantitative estimate of drug-likeness (QED) is 0.250. The molecule has 0 aromatic heterocycles. The zero-order valence-electron chi connectivity index (χ0n) is 15.2. The summed E-state index contributed by atoms with van der Waals surface area (Å²) in [6.07, 6.45) is 4.53. The van der Waals surface area contributed by atoms with Crippen molar-refractivity contribution in [3.8, 4) is 0 Å². The van der Waals surface area contributed by atoms with Crippen LogP contribution >= 0.6 is 24.0 Å². The number of unbranched alkanes of at least 4 members (excludes halogenated alkanes) is 1. The minimum Gasteiger partial charge on any atom is -0.382 e. The van der Waals surface area contributed by atoms with Gasteiger partial charge in [-0.2, -0.15) is 0 Å². The van der Waals surface area contributed by atoms with Gasteiger partial charge in [0.05, 0.1) is 19.8 Å². The van der Waals surface area contributed by atoms with Gasteiger partial charge in [-0.05, 0) is 32.6 Å². The van der Waals surface area contributed by atoms with Gasteiger partial charge in [-0.1, -0.05) is 0 Å². The molecule has 0 amide bonds. The van der Waals surface area contributed by atoms with Gasteiger partial charge in [0.2, 0.25) is 0 Å². The number of halogens is 1. The Bertz CT molecular complexity index is 363. The maximum absolute atomic E-state index is 5.61. The van der Waals surface area contributed by atoms with Gasteiger partial charge >= 0.3 is 0 Å². The molecule has 6 nitrogen and oxygen atoms in total. The average molecular weight is 455 g/mol. The minimum atomic E-state index is 0. The Kier molecular flexibility index (Phi) is 11.2. The standard InChI is InChI=1S/C17H33N3O3.HI/c1-3-18-16(19-8-4-5-10-22-13-12-21-2)20-9-6-17(14-20)7-11-23-15-17;/h3-15H2,1-2H3,(H,18,19);1H. The fraction of sp³-hybridized carbons (Fsp3) is 0.941. The third-order valence-corrected chi connectivity index (χ3v) is 4.65. The highest BCUT2D eigenvalue weighted by atomic mass is 127. The van der Waals surface area contributed by atoms with E-state index in [1.807, 2.05) is 0 Å². The van der Waals surface area contributed by atoms with E-state index in [0.717, 1.165) is 64.8 Å². The molecule has 2 saturated heterocycles. The lowest BCUT2D eigenvalue weighted by molar-refractivity contribution is 0.0690. The molecule has 2 aliphatic rings. The van der Waals surface area contributed by atoms with Gasteiger partial charge in [-0.15, -0.1) is 24.0 Å². The molecule has 2 rings (SSSR count). The summed E-state index contributed by atoms with van der Waals surface area (Å²) in [5.74, 6) is 1.07. The molecule has 0 aliphatic carbocycles. The maximum Gasteiger partial charge on any atom is 0.193 e. The van der Waals surface area contributed by atoms with Crippen LogP contribution in [0.5, 0.6) is 0 Å². The van der Waals surface area contributed by atoms with E-state index >= 15 is 0 Å². The number of guanidine groups is 1. The molecule has 142 valence electrons. The van der Waals surface area contributed by atoms with Crippen LogP contribution in [0.1, 0.15) is 32.6 Å². The number of likely N-dealkylation sites (tertiary alicyclic amines) is 1. The van der Waals surface area contributed by atoms with E-state index < -0.39 is 0 Å². The van der Waals surface area contributed by atoms with Crippen molar-refractivity contribution in [2.45, 2.75) is 32.6 Å². The van der Waals surface area contributed by atoms with Crippen molar-refractivity contribution in [1.29, 1.82) is 0 Å². The Balaban J connectivity index is 0.00000288. The van der Waals surface area contributed by atoms with E-state index in [1.165, 1.54) is 12.8 Å². The Morgan fingerprint density at radius 2 is 2.12 bits per heavy atom. The van der Waals surface area contributed by atoms with Crippen LogP contribution in [0.3, 0.4) is 0 Å². The lowest BCUT2D eigenvalue weighted by Crippen LogP contribution is -2.41. The molecule has 7 heteroatoms. The molecule has 0 radical (unpaired) electrons. The number of hydrogen-bond acceptors (Lipinski definition) is 4. The normalized spacial score (nSPS) is 23.8. The first-order valence-electron chi connectivity index (χ1n) is 8.97. The molecule has 1 atom stereocenters. The number of nitrogens with zero attached hydrogens (tertiary/aromatic N) is 2. The monoisotopic (exact) mass is 455 g/mol. The molecule has 1 unspecified atom stereocenters. The molecule has 0 aromatic rings. The molecule has 2 aliphatic heterocycles. The summed E-state index contributed by atoms with van der Waals surface area (Å²) in [4.78, 5) is 7.20. The second-order valence-corrected chi connectivity index (χ2v) is 6.52. The van der Waals surface area contributed by atoms with E-state index in [4.69, 9.17) is 19.2 Å². The average Bonchev–Trinajstić information content (AvgIpc) is 3.19. The molecule has 1 spiro atoms. The third kappa shape index (κ3) is 7.01. The van der Waals surface area contributed by atoms with Gasteiger partial charge in [0.1, 0.15) is 0 Å². The summed E-state index contributed by atoms with van der Waals surface area (Å²) in [5, 5.41) is 3.44. The van der Waals surface area contributed by atoms with Crippen LogP contribution in [0.15, 0.2) is 4.99 Å². The van der Waals surface area contributed by atoms with Gasteiger partial charge in [0.25, 0.3) is 0 Å². The molecule has 2 fully saturated rings. The summed E-state index contributed by atoms with van der Waals surface area (Å²) in [6.45, 7) is 10.1. The predicted molar refractivity (Wildman–Crippen MR) is 107 cm³/mol. The number of methoxy groups -OCH3 is 1. The van der Waals surface area contributed by atoms with Gasteiger partial charge in [0.15, 0.2) is 5.96 Å². The number of aliphatic imine (C=N–C) groups is 1. The second-order valence-electron chi connectivity index (χ2n) is 6.52. The first kappa shape index (κ1) is 21.9. The summed E-state index contributed by atoms with van der Waals surface area (Å²) >= 11 is 0. The lowest BCUT2D eigenvalue weighted by Gasteiger charge is -2.25. The van der Waals surface area contributed by atoms with Crippen LogP contribution in [-0.4, -0.2) is 77.2 Å². The number of ether oxygens (including phenoxy) is 3. The summed E-state index contributed by atoms with van der Waals surface area (Å²) in [7, 11) is 1.69. The van der Waals surface area contributed by atoms with Crippen molar-refractivity contribution in [2.24, 2.45) is 10.4 Å². The number of nitrogens with one attached hydrogen (secondary N) is 1. The molecule has 0 saturated carbocycles. The minimum absolute atomic E-state index is 0. The van der Waals surface area contributed by atoms with Crippen LogP contribution in [-0.2, 0) is 14.2 Å². The third-order valence-electron chi connectivity index (χ3n) is 4.65. The van der Waals surface area contributed by atoms with Gasteiger partial charge in [-0.25, -0.2) is 0 Å². The van der Waals surface area contributed by atoms with Crippen LogP contribution in [0.4, 0.5) is 0 Å². The SMILES string of the molecule is CCNC(=NCCCCOCCOC)N1CCC2(CCOC2)C1.I. The molecular weight excluding hydrogens is 421 g/mol. The molecule has 24 heavy (non-hydrogen) atoms. The molecule has 0 bridgehead atoms. The predicted octanol–water partition coefficient (Wildman–Crippen LogP) is 2.13. The molecule has 1 N–H and O–H groups in total. The summed E-state index contributed by atoms with van der Waals surface area (Å²) in [6, 6.07) is 0. The van der Waals surface area contributed by atoms with E-state index in [0.29, 0.717) is 18.6 Å². The number of rotatable bonds is 9. The van der Waals surface area contributed by atoms with Crippen molar-refractivity contribution < 1.29 is 14.2 Å². The fourth-order valence-corrected chi connectivity index (χ4v) is 3.26. The summed E-state index contributed by atoms with van der Waals surface area (Å²) < 4.78 is 16.0. The molecule has 2 heterocycles. The first-order chi connectivity index (χ1) is 11.3. The van der Waals surface area contributed by atoms with Crippen molar-refractivity contribution >= 4 is 29.9 Å². The summed E-state index contributed by atoms with van der Waals surface area (Å²) in [5.41, 5.74) is 0.380. The Morgan fingerprint density at radius 3 is 2.83 bits per heavy atom. The maximum atomic E-state index is 5.61. The molecule has 0 aromatic carbocycles. The van der Waals surface area contributed by atoms with Gasteiger partial charge in [0, 0.05) is 51.9 Å². The van der Waals surface area contributed by atoms with Crippen molar-refractivity contribution in [3.05, 3.63) is 0 Å². The topological polar surface area (TPSA) is 55.3 Å². The Labute approximate surface area is 163 Å².